The molecule has 0 rings (SSSR count). The Morgan fingerprint density at radius 3 is 1.55 bits per heavy atom. The summed E-state index contributed by atoms with van der Waals surface area (Å²) >= 11 is 1.67. The number of hydrogen-bond donors (Lipinski definition) is 0. The van der Waals surface area contributed by atoms with Crippen molar-refractivity contribution in [1.29, 1.82) is 0 Å². The van der Waals surface area contributed by atoms with Crippen molar-refractivity contribution in [2.45, 2.75) is 39.9 Å². The Balaban J connectivity index is 2.91. The number of thioether (sulfide) groups is 1. The van der Waals surface area contributed by atoms with Gasteiger partial charge in [-0.1, -0.05) is 0 Å². The molecule has 0 fully saturated rings. The molecule has 0 heterocycles. The number of rotatable bonds is 6. The molecular formula is C8H18O2S. The summed E-state index contributed by atoms with van der Waals surface area (Å²) in [6.45, 7) is 8.13. The molecule has 0 bridgehead atoms. The highest BCUT2D eigenvalue weighted by Gasteiger charge is 1.94. The fraction of sp³-hybridized carbons (Fsp3) is 1.00. The molecule has 0 aliphatic heterocycles. The molecular weight excluding hydrogens is 160 g/mol. The third-order valence-electron chi connectivity index (χ3n) is 0.969. The van der Waals surface area contributed by atoms with Crippen LogP contribution in [-0.2, 0) is 9.47 Å². The van der Waals surface area contributed by atoms with Gasteiger partial charge in [0.15, 0.2) is 0 Å². The summed E-state index contributed by atoms with van der Waals surface area (Å²) in [5.74, 6) is 1.45. The van der Waals surface area contributed by atoms with E-state index in [1.54, 1.807) is 11.8 Å². The molecule has 0 aromatic heterocycles. The van der Waals surface area contributed by atoms with Crippen LogP contribution in [-0.4, -0.2) is 24.1 Å². The molecule has 0 unspecified atom stereocenters. The fourth-order valence-electron chi connectivity index (χ4n) is 0.402. The monoisotopic (exact) mass is 178 g/mol. The molecule has 0 N–H and O–H groups in total. The van der Waals surface area contributed by atoms with E-state index in [-0.39, 0.29) is 0 Å². The van der Waals surface area contributed by atoms with Crippen LogP contribution in [0, 0.1) is 0 Å². The number of hydrogen-bond acceptors (Lipinski definition) is 3. The van der Waals surface area contributed by atoms with Crippen LogP contribution in [0.25, 0.3) is 0 Å². The van der Waals surface area contributed by atoms with Crippen LogP contribution in [0.4, 0.5) is 0 Å². The minimum atomic E-state index is 0.321. The molecule has 0 saturated carbocycles. The highest BCUT2D eigenvalue weighted by atomic mass is 32.2. The third-order valence-corrected chi connectivity index (χ3v) is 1.57. The lowest BCUT2D eigenvalue weighted by atomic mass is 10.5. The van der Waals surface area contributed by atoms with Crippen molar-refractivity contribution in [1.82, 2.24) is 0 Å². The topological polar surface area (TPSA) is 18.5 Å². The molecule has 2 nitrogen and oxygen atoms in total. The zero-order valence-electron chi connectivity index (χ0n) is 7.79. The van der Waals surface area contributed by atoms with Gasteiger partial charge in [-0.15, -0.1) is 11.8 Å². The average molecular weight is 178 g/mol. The smallest absolute Gasteiger partial charge is 0.0947 e. The van der Waals surface area contributed by atoms with Crippen LogP contribution in [0.2, 0.25) is 0 Å². The largest absolute Gasteiger partial charge is 0.368 e. The Hall–Kier alpha value is 0.270. The van der Waals surface area contributed by atoms with Crippen molar-refractivity contribution in [2.75, 3.05) is 11.9 Å². The molecule has 68 valence electrons. The van der Waals surface area contributed by atoms with Crippen LogP contribution in [0.3, 0.4) is 0 Å². The Labute approximate surface area is 73.6 Å². The summed E-state index contributed by atoms with van der Waals surface area (Å²) < 4.78 is 10.6. The van der Waals surface area contributed by atoms with Gasteiger partial charge in [0.1, 0.15) is 0 Å². The lowest BCUT2D eigenvalue weighted by Gasteiger charge is -2.08. The molecule has 0 saturated heterocycles. The van der Waals surface area contributed by atoms with Gasteiger partial charge in [0.05, 0.1) is 24.1 Å². The van der Waals surface area contributed by atoms with Gasteiger partial charge >= 0.3 is 0 Å². The first kappa shape index (κ1) is 11.3. The molecule has 0 aliphatic rings. The zero-order chi connectivity index (χ0) is 8.69. The Morgan fingerprint density at radius 2 is 1.27 bits per heavy atom. The van der Waals surface area contributed by atoms with E-state index in [1.807, 2.05) is 27.7 Å². The van der Waals surface area contributed by atoms with Gasteiger partial charge in [0.25, 0.3) is 0 Å². The molecule has 0 spiro atoms. The standard InChI is InChI=1S/C8H18O2S/c1-7(2)9-5-11-6-10-8(3)4/h7-8H,5-6H2,1-4H3. The summed E-state index contributed by atoms with van der Waals surface area (Å²) in [7, 11) is 0. The van der Waals surface area contributed by atoms with E-state index >= 15 is 0 Å². The quantitative estimate of drug-likeness (QED) is 0.460. The lowest BCUT2D eigenvalue weighted by molar-refractivity contribution is 0.107. The minimum absolute atomic E-state index is 0.321. The van der Waals surface area contributed by atoms with Crippen LogP contribution in [0.1, 0.15) is 27.7 Å². The van der Waals surface area contributed by atoms with Crippen molar-refractivity contribution < 1.29 is 9.47 Å². The normalized spacial score (nSPS) is 11.5. The summed E-state index contributed by atoms with van der Waals surface area (Å²) in [6, 6.07) is 0. The van der Waals surface area contributed by atoms with E-state index in [4.69, 9.17) is 9.47 Å². The number of ether oxygens (including phenoxy) is 2. The average Bonchev–Trinajstić information content (AvgIpc) is 1.85. The molecule has 0 aliphatic carbocycles. The highest BCUT2D eigenvalue weighted by Crippen LogP contribution is 2.04. The Morgan fingerprint density at radius 1 is 0.909 bits per heavy atom. The fourth-order valence-corrected chi connectivity index (χ4v) is 1.21. The van der Waals surface area contributed by atoms with Crippen LogP contribution in [0.15, 0.2) is 0 Å². The predicted octanol–water partition coefficient (Wildman–Crippen LogP) is 2.48. The maximum Gasteiger partial charge on any atom is 0.0947 e. The van der Waals surface area contributed by atoms with Crippen molar-refractivity contribution in [3.8, 4) is 0 Å². The van der Waals surface area contributed by atoms with Gasteiger partial charge < -0.3 is 9.47 Å². The second kappa shape index (κ2) is 6.95. The Bertz CT molecular complexity index is 74.2. The Kier molecular flexibility index (Phi) is 7.12. The first-order valence-electron chi connectivity index (χ1n) is 3.94. The van der Waals surface area contributed by atoms with E-state index in [0.29, 0.717) is 12.2 Å². The minimum Gasteiger partial charge on any atom is -0.368 e. The van der Waals surface area contributed by atoms with Crippen LogP contribution >= 0.6 is 11.8 Å². The van der Waals surface area contributed by atoms with E-state index in [1.165, 1.54) is 0 Å². The van der Waals surface area contributed by atoms with Crippen LogP contribution in [0.5, 0.6) is 0 Å². The van der Waals surface area contributed by atoms with Gasteiger partial charge in [0.2, 0.25) is 0 Å². The van der Waals surface area contributed by atoms with E-state index in [9.17, 15) is 0 Å². The predicted molar refractivity (Wildman–Crippen MR) is 49.8 cm³/mol. The maximum absolute atomic E-state index is 5.31. The van der Waals surface area contributed by atoms with E-state index in [0.717, 1.165) is 11.9 Å². The maximum atomic E-state index is 5.31. The zero-order valence-corrected chi connectivity index (χ0v) is 8.61. The van der Waals surface area contributed by atoms with Crippen molar-refractivity contribution in [2.24, 2.45) is 0 Å². The van der Waals surface area contributed by atoms with E-state index < -0.39 is 0 Å². The van der Waals surface area contributed by atoms with Gasteiger partial charge in [-0.05, 0) is 27.7 Å². The molecule has 0 aromatic carbocycles. The molecule has 11 heavy (non-hydrogen) atoms. The summed E-state index contributed by atoms with van der Waals surface area (Å²) in [6.07, 6.45) is 0.642. The molecule has 0 atom stereocenters. The van der Waals surface area contributed by atoms with Gasteiger partial charge in [-0.2, -0.15) is 0 Å². The summed E-state index contributed by atoms with van der Waals surface area (Å²) in [4.78, 5) is 0. The molecule has 3 heteroatoms. The highest BCUT2D eigenvalue weighted by molar-refractivity contribution is 7.98. The molecule has 0 amide bonds. The molecule has 0 radical (unpaired) electrons. The van der Waals surface area contributed by atoms with Crippen molar-refractivity contribution in [3.63, 3.8) is 0 Å². The van der Waals surface area contributed by atoms with Crippen molar-refractivity contribution in [3.05, 3.63) is 0 Å². The van der Waals surface area contributed by atoms with Gasteiger partial charge in [-0.25, -0.2) is 0 Å². The van der Waals surface area contributed by atoms with E-state index in [2.05, 4.69) is 0 Å². The summed E-state index contributed by atoms with van der Waals surface area (Å²) in [5, 5.41) is 0. The second-order valence-corrected chi connectivity index (χ2v) is 3.75. The third kappa shape index (κ3) is 10.3. The van der Waals surface area contributed by atoms with Gasteiger partial charge in [0, 0.05) is 0 Å². The second-order valence-electron chi connectivity index (χ2n) is 2.87. The molecule has 0 aromatic rings. The van der Waals surface area contributed by atoms with Crippen molar-refractivity contribution >= 4 is 11.8 Å². The lowest BCUT2D eigenvalue weighted by Crippen LogP contribution is -2.05. The van der Waals surface area contributed by atoms with Gasteiger partial charge in [-0.3, -0.25) is 0 Å². The summed E-state index contributed by atoms with van der Waals surface area (Å²) in [5.41, 5.74) is 0. The van der Waals surface area contributed by atoms with Crippen LogP contribution < -0.4 is 0 Å². The SMILES string of the molecule is CC(C)OCSCOC(C)C. The first-order chi connectivity index (χ1) is 5.13. The first-order valence-corrected chi connectivity index (χ1v) is 5.09.